The summed E-state index contributed by atoms with van der Waals surface area (Å²) in [6.45, 7) is 4.59. The number of rotatable bonds is 0. The minimum absolute atomic E-state index is 0.121. The summed E-state index contributed by atoms with van der Waals surface area (Å²) in [6.07, 6.45) is 1.07. The highest BCUT2D eigenvalue weighted by atomic mass is 79.9. The van der Waals surface area contributed by atoms with Crippen molar-refractivity contribution in [3.05, 3.63) is 116 Å². The van der Waals surface area contributed by atoms with E-state index in [-0.39, 0.29) is 5.41 Å². The second-order valence-corrected chi connectivity index (χ2v) is 10.3. The molecule has 0 saturated carbocycles. The molecule has 4 aromatic rings. The molecular weight excluding hydrogens is 496 g/mol. The molecule has 0 saturated heterocycles. The van der Waals surface area contributed by atoms with Gasteiger partial charge < -0.3 is 0 Å². The van der Waals surface area contributed by atoms with E-state index in [1.54, 1.807) is 0 Å². The molecule has 30 heavy (non-hydrogen) atoms. The molecule has 0 atom stereocenters. The van der Waals surface area contributed by atoms with Gasteiger partial charge in [-0.3, -0.25) is 0 Å². The van der Waals surface area contributed by atoms with E-state index in [1.165, 1.54) is 49.0 Å². The predicted molar refractivity (Wildman–Crippen MR) is 134 cm³/mol. The molecule has 0 bridgehead atoms. The number of benzene rings is 4. The monoisotopic (exact) mass is 516 g/mol. The molecule has 2 aliphatic rings. The first-order valence-corrected chi connectivity index (χ1v) is 11.8. The lowest BCUT2D eigenvalue weighted by Gasteiger charge is -2.21. The van der Waals surface area contributed by atoms with Crippen molar-refractivity contribution in [2.75, 3.05) is 0 Å². The minimum atomic E-state index is 0.121. The summed E-state index contributed by atoms with van der Waals surface area (Å²) in [5.41, 5.74) is 11.4. The Bertz CT molecular complexity index is 1270. The van der Waals surface area contributed by atoms with Crippen LogP contribution in [0.5, 0.6) is 0 Å². The largest absolute Gasteiger partial charge is 0.0619 e. The van der Waals surface area contributed by atoms with Crippen molar-refractivity contribution in [1.29, 1.82) is 0 Å². The number of halogens is 2. The highest BCUT2D eigenvalue weighted by Crippen LogP contribution is 2.49. The van der Waals surface area contributed by atoms with Crippen LogP contribution in [0.15, 0.2) is 93.9 Å². The van der Waals surface area contributed by atoms with E-state index >= 15 is 0 Å². The zero-order chi connectivity index (χ0) is 20.9. The van der Waals surface area contributed by atoms with Gasteiger partial charge in [0.05, 0.1) is 0 Å². The van der Waals surface area contributed by atoms with E-state index < -0.39 is 0 Å². The Labute approximate surface area is 195 Å². The number of fused-ring (bicyclic) bond motifs is 6. The van der Waals surface area contributed by atoms with Gasteiger partial charge >= 0.3 is 0 Å². The third kappa shape index (κ3) is 3.27. The fourth-order valence-electron chi connectivity index (χ4n) is 4.79. The van der Waals surface area contributed by atoms with Crippen LogP contribution in [0.3, 0.4) is 0 Å². The Kier molecular flexibility index (Phi) is 4.95. The van der Waals surface area contributed by atoms with Crippen LogP contribution in [0.25, 0.3) is 22.3 Å². The first kappa shape index (κ1) is 19.8. The standard InChI is InChI=1S/C15H13Br.C13H9Br/c1-15(2)13-6-4-3-5-11(13)12-8-7-10(16)9-14(12)15;14-11-5-6-13-10(8-11)7-9-3-1-2-4-12(9)13/h3-9H,1-2H3;1-6,8H,7H2. The average Bonchev–Trinajstić information content (AvgIpc) is 3.21. The van der Waals surface area contributed by atoms with Crippen molar-refractivity contribution in [3.63, 3.8) is 0 Å². The summed E-state index contributed by atoms with van der Waals surface area (Å²) in [5, 5.41) is 0. The lowest BCUT2D eigenvalue weighted by molar-refractivity contribution is 0.660. The third-order valence-corrected chi connectivity index (χ3v) is 7.29. The van der Waals surface area contributed by atoms with Gasteiger partial charge in [-0.1, -0.05) is 106 Å². The van der Waals surface area contributed by atoms with Crippen LogP contribution in [-0.2, 0) is 11.8 Å². The van der Waals surface area contributed by atoms with Crippen molar-refractivity contribution in [2.24, 2.45) is 0 Å². The fourth-order valence-corrected chi connectivity index (χ4v) is 5.56. The maximum atomic E-state index is 3.56. The second kappa shape index (κ2) is 7.51. The van der Waals surface area contributed by atoms with Crippen molar-refractivity contribution in [1.82, 2.24) is 0 Å². The van der Waals surface area contributed by atoms with Crippen molar-refractivity contribution < 1.29 is 0 Å². The van der Waals surface area contributed by atoms with Crippen LogP contribution in [0.2, 0.25) is 0 Å². The molecule has 0 heterocycles. The van der Waals surface area contributed by atoms with Crippen molar-refractivity contribution >= 4 is 31.9 Å². The van der Waals surface area contributed by atoms with Crippen molar-refractivity contribution in [2.45, 2.75) is 25.7 Å². The van der Waals surface area contributed by atoms with Gasteiger partial charge in [-0.25, -0.2) is 0 Å². The SMILES string of the molecule is Brc1ccc2c(c1)Cc1ccccc1-2.CC1(C)c2ccccc2-c2ccc(Br)cc21. The van der Waals surface area contributed by atoms with E-state index in [0.29, 0.717) is 0 Å². The molecule has 0 radical (unpaired) electrons. The van der Waals surface area contributed by atoms with Gasteiger partial charge in [0.1, 0.15) is 0 Å². The summed E-state index contributed by atoms with van der Waals surface area (Å²) in [5.74, 6) is 0. The number of hydrogen-bond donors (Lipinski definition) is 0. The summed E-state index contributed by atoms with van der Waals surface area (Å²) in [7, 11) is 0. The molecule has 0 unspecified atom stereocenters. The van der Waals surface area contributed by atoms with Gasteiger partial charge in [0.15, 0.2) is 0 Å². The molecule has 0 nitrogen and oxygen atoms in total. The molecule has 148 valence electrons. The van der Waals surface area contributed by atoms with Crippen LogP contribution >= 0.6 is 31.9 Å². The normalized spacial score (nSPS) is 14.1. The lowest BCUT2D eigenvalue weighted by atomic mass is 9.82. The zero-order valence-electron chi connectivity index (χ0n) is 17.0. The molecule has 0 spiro atoms. The Balaban J connectivity index is 0.000000130. The van der Waals surface area contributed by atoms with Crippen LogP contribution in [0.4, 0.5) is 0 Å². The molecule has 2 heteroatoms. The van der Waals surface area contributed by atoms with Gasteiger partial charge in [0.2, 0.25) is 0 Å². The minimum Gasteiger partial charge on any atom is -0.0619 e. The molecule has 0 aliphatic heterocycles. The third-order valence-electron chi connectivity index (χ3n) is 6.30. The molecule has 0 aromatic heterocycles. The predicted octanol–water partition coefficient (Wildman–Crippen LogP) is 8.78. The number of hydrogen-bond acceptors (Lipinski definition) is 0. The van der Waals surface area contributed by atoms with Gasteiger partial charge in [0, 0.05) is 14.4 Å². The summed E-state index contributed by atoms with van der Waals surface area (Å²) < 4.78 is 2.33. The molecular formula is C28H22Br2. The van der Waals surface area contributed by atoms with E-state index in [0.717, 1.165) is 10.9 Å². The smallest absolute Gasteiger partial charge is 0.0178 e. The molecule has 0 fully saturated rings. The highest BCUT2D eigenvalue weighted by Gasteiger charge is 2.34. The van der Waals surface area contributed by atoms with E-state index in [1.807, 2.05) is 0 Å². The van der Waals surface area contributed by atoms with Crippen LogP contribution in [0.1, 0.15) is 36.1 Å². The first-order valence-electron chi connectivity index (χ1n) is 10.2. The Morgan fingerprint density at radius 1 is 0.567 bits per heavy atom. The molecule has 2 aliphatic carbocycles. The van der Waals surface area contributed by atoms with Crippen molar-refractivity contribution in [3.8, 4) is 22.3 Å². The molecule has 0 amide bonds. The summed E-state index contributed by atoms with van der Waals surface area (Å²) >= 11 is 7.07. The second-order valence-electron chi connectivity index (χ2n) is 8.50. The topological polar surface area (TPSA) is 0 Å². The molecule has 4 aromatic carbocycles. The molecule has 6 rings (SSSR count). The van der Waals surface area contributed by atoms with Gasteiger partial charge in [-0.2, -0.15) is 0 Å². The van der Waals surface area contributed by atoms with Crippen LogP contribution in [0, 0.1) is 0 Å². The Morgan fingerprint density at radius 2 is 1.13 bits per heavy atom. The summed E-state index contributed by atoms with van der Waals surface area (Å²) in [4.78, 5) is 0. The lowest BCUT2D eigenvalue weighted by Crippen LogP contribution is -2.14. The van der Waals surface area contributed by atoms with Gasteiger partial charge in [-0.15, -0.1) is 0 Å². The van der Waals surface area contributed by atoms with Gasteiger partial charge in [-0.05, 0) is 75.2 Å². The molecule has 0 N–H and O–H groups in total. The van der Waals surface area contributed by atoms with E-state index in [9.17, 15) is 0 Å². The zero-order valence-corrected chi connectivity index (χ0v) is 20.2. The van der Waals surface area contributed by atoms with E-state index in [4.69, 9.17) is 0 Å². The maximum absolute atomic E-state index is 3.56. The van der Waals surface area contributed by atoms with Gasteiger partial charge in [0.25, 0.3) is 0 Å². The quantitative estimate of drug-likeness (QED) is 0.192. The van der Waals surface area contributed by atoms with Crippen LogP contribution in [-0.4, -0.2) is 0 Å². The fraction of sp³-hybridized carbons (Fsp3) is 0.143. The van der Waals surface area contributed by atoms with Crippen LogP contribution < -0.4 is 0 Å². The average molecular weight is 518 g/mol. The highest BCUT2D eigenvalue weighted by molar-refractivity contribution is 9.10. The van der Waals surface area contributed by atoms with E-state index in [2.05, 4.69) is 131 Å². The summed E-state index contributed by atoms with van der Waals surface area (Å²) in [6, 6.07) is 30.4. The maximum Gasteiger partial charge on any atom is 0.0178 e. The first-order chi connectivity index (χ1) is 14.4. The Morgan fingerprint density at radius 3 is 1.93 bits per heavy atom. The Hall–Kier alpha value is -2.16.